The van der Waals surface area contributed by atoms with Crippen molar-refractivity contribution >= 4 is 11.9 Å². The van der Waals surface area contributed by atoms with E-state index in [9.17, 15) is 9.59 Å². The SMILES string of the molecule is CCOC(=O)C(C(=O)N(CC(C)C)C(C)C)C(C)(C)C. The molecule has 1 amide bonds. The molecule has 0 aromatic heterocycles. The predicted molar refractivity (Wildman–Crippen MR) is 81.3 cm³/mol. The van der Waals surface area contributed by atoms with E-state index in [4.69, 9.17) is 4.74 Å². The summed E-state index contributed by atoms with van der Waals surface area (Å²) in [5, 5.41) is 0. The van der Waals surface area contributed by atoms with Crippen molar-refractivity contribution in [2.24, 2.45) is 17.3 Å². The molecule has 0 aliphatic rings. The van der Waals surface area contributed by atoms with Gasteiger partial charge in [0.05, 0.1) is 6.61 Å². The quantitative estimate of drug-likeness (QED) is 0.556. The number of ether oxygens (including phenoxy) is 1. The average Bonchev–Trinajstić information content (AvgIpc) is 2.23. The molecule has 1 atom stereocenters. The first kappa shape index (κ1) is 18.9. The summed E-state index contributed by atoms with van der Waals surface area (Å²) in [6, 6.07) is 0.0733. The molecule has 0 aliphatic heterocycles. The molecular formula is C16H31NO3. The minimum absolute atomic E-state index is 0.0733. The third kappa shape index (κ3) is 5.51. The average molecular weight is 285 g/mol. The highest BCUT2D eigenvalue weighted by Gasteiger charge is 2.41. The second-order valence-corrected chi connectivity index (χ2v) is 7.03. The molecule has 0 aromatic carbocycles. The maximum atomic E-state index is 12.8. The Labute approximate surface area is 123 Å². The molecule has 0 aliphatic carbocycles. The second-order valence-electron chi connectivity index (χ2n) is 7.03. The summed E-state index contributed by atoms with van der Waals surface area (Å²) in [5.74, 6) is -0.924. The topological polar surface area (TPSA) is 46.6 Å². The number of hydrogen-bond donors (Lipinski definition) is 0. The fourth-order valence-corrected chi connectivity index (χ4v) is 2.16. The van der Waals surface area contributed by atoms with Crippen LogP contribution < -0.4 is 0 Å². The first-order valence-electron chi connectivity index (χ1n) is 7.49. The van der Waals surface area contributed by atoms with Crippen molar-refractivity contribution < 1.29 is 14.3 Å². The second kappa shape index (κ2) is 7.65. The largest absolute Gasteiger partial charge is 0.465 e. The molecule has 0 bridgehead atoms. The lowest BCUT2D eigenvalue weighted by Crippen LogP contribution is -2.49. The summed E-state index contributed by atoms with van der Waals surface area (Å²) in [6.45, 7) is 16.5. The van der Waals surface area contributed by atoms with Gasteiger partial charge in [0.1, 0.15) is 5.92 Å². The van der Waals surface area contributed by atoms with Crippen LogP contribution in [0.15, 0.2) is 0 Å². The molecule has 0 rings (SSSR count). The van der Waals surface area contributed by atoms with E-state index in [1.54, 1.807) is 11.8 Å². The fourth-order valence-electron chi connectivity index (χ4n) is 2.16. The first-order valence-corrected chi connectivity index (χ1v) is 7.49. The van der Waals surface area contributed by atoms with Crippen molar-refractivity contribution in [3.8, 4) is 0 Å². The lowest BCUT2D eigenvalue weighted by atomic mass is 9.79. The summed E-state index contributed by atoms with van der Waals surface area (Å²) in [5.41, 5.74) is -0.451. The van der Waals surface area contributed by atoms with Gasteiger partial charge in [-0.1, -0.05) is 34.6 Å². The summed E-state index contributed by atoms with van der Waals surface area (Å²) < 4.78 is 5.10. The number of rotatable bonds is 6. The molecule has 0 N–H and O–H groups in total. The van der Waals surface area contributed by atoms with Gasteiger partial charge in [0.15, 0.2) is 0 Å². The lowest BCUT2D eigenvalue weighted by Gasteiger charge is -2.36. The van der Waals surface area contributed by atoms with E-state index in [2.05, 4.69) is 13.8 Å². The van der Waals surface area contributed by atoms with Gasteiger partial charge >= 0.3 is 5.97 Å². The highest BCUT2D eigenvalue weighted by Crippen LogP contribution is 2.30. The highest BCUT2D eigenvalue weighted by atomic mass is 16.5. The Morgan fingerprint density at radius 2 is 1.60 bits per heavy atom. The van der Waals surface area contributed by atoms with Gasteiger partial charge in [-0.05, 0) is 32.1 Å². The lowest BCUT2D eigenvalue weighted by molar-refractivity contribution is -0.161. The summed E-state index contributed by atoms with van der Waals surface area (Å²) in [6.07, 6.45) is 0. The normalized spacial score (nSPS) is 13.5. The molecule has 0 aromatic rings. The number of esters is 1. The van der Waals surface area contributed by atoms with Crippen molar-refractivity contribution in [3.05, 3.63) is 0 Å². The molecule has 0 heterocycles. The van der Waals surface area contributed by atoms with Gasteiger partial charge in [0, 0.05) is 12.6 Å². The van der Waals surface area contributed by atoms with Crippen molar-refractivity contribution in [1.29, 1.82) is 0 Å². The zero-order valence-electron chi connectivity index (χ0n) is 14.3. The number of nitrogens with zero attached hydrogens (tertiary/aromatic N) is 1. The summed E-state index contributed by atoms with van der Waals surface area (Å²) in [4.78, 5) is 26.8. The molecule has 0 radical (unpaired) electrons. The van der Waals surface area contributed by atoms with Gasteiger partial charge < -0.3 is 9.64 Å². The van der Waals surface area contributed by atoms with E-state index in [1.807, 2.05) is 34.6 Å². The number of carbonyl (C=O) groups is 2. The highest BCUT2D eigenvalue weighted by molar-refractivity contribution is 5.98. The van der Waals surface area contributed by atoms with Crippen molar-refractivity contribution in [1.82, 2.24) is 4.90 Å². The van der Waals surface area contributed by atoms with E-state index in [0.717, 1.165) is 0 Å². The maximum Gasteiger partial charge on any atom is 0.319 e. The molecule has 0 saturated heterocycles. The Morgan fingerprint density at radius 3 is 1.90 bits per heavy atom. The molecule has 0 saturated carbocycles. The predicted octanol–water partition coefficient (Wildman–Crippen LogP) is 3.10. The smallest absolute Gasteiger partial charge is 0.319 e. The van der Waals surface area contributed by atoms with E-state index in [1.165, 1.54) is 0 Å². The van der Waals surface area contributed by atoms with Crippen molar-refractivity contribution in [2.75, 3.05) is 13.2 Å². The van der Waals surface area contributed by atoms with Crippen LogP contribution in [0.4, 0.5) is 0 Å². The first-order chi connectivity index (χ1) is 9.02. The molecule has 118 valence electrons. The van der Waals surface area contributed by atoms with Crippen molar-refractivity contribution in [2.45, 2.75) is 61.4 Å². The Morgan fingerprint density at radius 1 is 1.10 bits per heavy atom. The third-order valence-corrected chi connectivity index (χ3v) is 3.10. The number of carbonyl (C=O) groups excluding carboxylic acids is 2. The van der Waals surface area contributed by atoms with Crippen LogP contribution in [-0.2, 0) is 14.3 Å². The minimum atomic E-state index is -0.747. The molecule has 0 fully saturated rings. The Hall–Kier alpha value is -1.06. The minimum Gasteiger partial charge on any atom is -0.465 e. The van der Waals surface area contributed by atoms with Crippen LogP contribution in [0.25, 0.3) is 0 Å². The zero-order chi connectivity index (χ0) is 16.1. The van der Waals surface area contributed by atoms with Crippen LogP contribution in [-0.4, -0.2) is 36.0 Å². The number of amides is 1. The van der Waals surface area contributed by atoms with Crippen LogP contribution in [0.5, 0.6) is 0 Å². The Bertz CT molecular complexity index is 329. The van der Waals surface area contributed by atoms with Crippen LogP contribution in [0.2, 0.25) is 0 Å². The zero-order valence-corrected chi connectivity index (χ0v) is 14.3. The maximum absolute atomic E-state index is 12.8. The summed E-state index contributed by atoms with van der Waals surface area (Å²) in [7, 11) is 0. The Balaban J connectivity index is 5.34. The van der Waals surface area contributed by atoms with Crippen molar-refractivity contribution in [3.63, 3.8) is 0 Å². The molecular weight excluding hydrogens is 254 g/mol. The standard InChI is InChI=1S/C16H31NO3/c1-9-20-15(19)13(16(6,7)8)14(18)17(12(4)5)10-11(2)3/h11-13H,9-10H2,1-8H3. The van der Waals surface area contributed by atoms with Gasteiger partial charge in [-0.3, -0.25) is 9.59 Å². The molecule has 20 heavy (non-hydrogen) atoms. The van der Waals surface area contributed by atoms with E-state index in [0.29, 0.717) is 19.1 Å². The molecule has 4 nitrogen and oxygen atoms in total. The van der Waals surface area contributed by atoms with Crippen LogP contribution >= 0.6 is 0 Å². The number of hydrogen-bond acceptors (Lipinski definition) is 3. The third-order valence-electron chi connectivity index (χ3n) is 3.10. The van der Waals surface area contributed by atoms with E-state index >= 15 is 0 Å². The van der Waals surface area contributed by atoms with Crippen LogP contribution in [0, 0.1) is 17.3 Å². The van der Waals surface area contributed by atoms with Crippen LogP contribution in [0.1, 0.15) is 55.4 Å². The van der Waals surface area contributed by atoms with Gasteiger partial charge in [0.25, 0.3) is 0 Å². The molecule has 1 unspecified atom stereocenters. The van der Waals surface area contributed by atoms with Crippen LogP contribution in [0.3, 0.4) is 0 Å². The summed E-state index contributed by atoms with van der Waals surface area (Å²) >= 11 is 0. The molecule has 0 spiro atoms. The van der Waals surface area contributed by atoms with Gasteiger partial charge in [-0.2, -0.15) is 0 Å². The van der Waals surface area contributed by atoms with E-state index in [-0.39, 0.29) is 11.9 Å². The van der Waals surface area contributed by atoms with Gasteiger partial charge in [-0.15, -0.1) is 0 Å². The monoisotopic (exact) mass is 285 g/mol. The van der Waals surface area contributed by atoms with E-state index < -0.39 is 17.3 Å². The van der Waals surface area contributed by atoms with Gasteiger partial charge in [0.2, 0.25) is 5.91 Å². The Kier molecular flexibility index (Phi) is 7.25. The molecule has 4 heteroatoms. The van der Waals surface area contributed by atoms with Gasteiger partial charge in [-0.25, -0.2) is 0 Å². The fraction of sp³-hybridized carbons (Fsp3) is 0.875.